The predicted octanol–water partition coefficient (Wildman–Crippen LogP) is 5.75. The molecule has 1 heterocycles. The lowest BCUT2D eigenvalue weighted by molar-refractivity contribution is 0.588. The molecule has 0 aliphatic carbocycles. The summed E-state index contributed by atoms with van der Waals surface area (Å²) in [5.74, 6) is 0. The number of fused-ring (bicyclic) bond motifs is 1. The van der Waals surface area contributed by atoms with E-state index in [2.05, 4.69) is 15.9 Å². The van der Waals surface area contributed by atoms with E-state index in [9.17, 15) is 8.42 Å². The smallest absolute Gasteiger partial charge is 0.236 e. The van der Waals surface area contributed by atoms with E-state index in [0.29, 0.717) is 10.8 Å². The summed E-state index contributed by atoms with van der Waals surface area (Å²) in [6.07, 6.45) is 0. The molecule has 0 saturated heterocycles. The third-order valence-electron chi connectivity index (χ3n) is 4.67. The topological polar surface area (TPSA) is 39.1 Å². The molecule has 4 rings (SSSR count). The Morgan fingerprint density at radius 3 is 2.15 bits per heavy atom. The predicted molar refractivity (Wildman–Crippen MR) is 114 cm³/mol. The molecule has 0 atom stereocenters. The SMILES string of the molecule is Cc1ccc(S(=O)(=O)n2c(CBr)c(-c3ccccc3)c3ccccc32)cc1. The summed E-state index contributed by atoms with van der Waals surface area (Å²) in [6.45, 7) is 1.94. The van der Waals surface area contributed by atoms with Crippen molar-refractivity contribution in [1.82, 2.24) is 3.97 Å². The van der Waals surface area contributed by atoms with Crippen LogP contribution in [0.25, 0.3) is 22.0 Å². The van der Waals surface area contributed by atoms with E-state index >= 15 is 0 Å². The largest absolute Gasteiger partial charge is 0.268 e. The minimum absolute atomic E-state index is 0.288. The first-order chi connectivity index (χ1) is 13.0. The van der Waals surface area contributed by atoms with Crippen LogP contribution in [-0.2, 0) is 15.4 Å². The molecule has 0 amide bonds. The van der Waals surface area contributed by atoms with Gasteiger partial charge in [0.25, 0.3) is 10.0 Å². The van der Waals surface area contributed by atoms with Gasteiger partial charge in [0.1, 0.15) is 0 Å². The number of halogens is 1. The number of benzene rings is 3. The van der Waals surface area contributed by atoms with Gasteiger partial charge in [-0.2, -0.15) is 0 Å². The zero-order chi connectivity index (χ0) is 19.0. The standard InChI is InChI=1S/C22H18BrNO2S/c1-16-11-13-18(14-12-16)27(25,26)24-20-10-6-5-9-19(20)22(21(24)15-23)17-7-3-2-4-8-17/h2-14H,15H2,1H3. The second-order valence-electron chi connectivity index (χ2n) is 6.42. The number of alkyl halides is 1. The number of nitrogens with zero attached hydrogens (tertiary/aromatic N) is 1. The van der Waals surface area contributed by atoms with Crippen molar-refractivity contribution in [2.24, 2.45) is 0 Å². The molecule has 27 heavy (non-hydrogen) atoms. The van der Waals surface area contributed by atoms with Crippen molar-refractivity contribution in [2.75, 3.05) is 0 Å². The highest BCUT2D eigenvalue weighted by molar-refractivity contribution is 9.08. The lowest BCUT2D eigenvalue weighted by atomic mass is 10.0. The zero-order valence-corrected chi connectivity index (χ0v) is 17.2. The number of hydrogen-bond donors (Lipinski definition) is 0. The van der Waals surface area contributed by atoms with Gasteiger partial charge in [-0.25, -0.2) is 12.4 Å². The molecule has 0 radical (unpaired) electrons. The van der Waals surface area contributed by atoms with Crippen LogP contribution in [0.5, 0.6) is 0 Å². The molecule has 0 aliphatic rings. The minimum atomic E-state index is -3.73. The molecular weight excluding hydrogens is 422 g/mol. The van der Waals surface area contributed by atoms with E-state index < -0.39 is 10.0 Å². The Morgan fingerprint density at radius 1 is 0.852 bits per heavy atom. The van der Waals surface area contributed by atoms with E-state index in [1.165, 1.54) is 3.97 Å². The van der Waals surface area contributed by atoms with Gasteiger partial charge in [-0.1, -0.05) is 82.2 Å². The normalized spacial score (nSPS) is 11.8. The number of aromatic nitrogens is 1. The van der Waals surface area contributed by atoms with Gasteiger partial charge in [0, 0.05) is 16.3 Å². The first-order valence-electron chi connectivity index (χ1n) is 8.60. The highest BCUT2D eigenvalue weighted by Crippen LogP contribution is 2.38. The van der Waals surface area contributed by atoms with Crippen molar-refractivity contribution in [3.63, 3.8) is 0 Å². The van der Waals surface area contributed by atoms with Gasteiger partial charge in [-0.05, 0) is 30.7 Å². The van der Waals surface area contributed by atoms with Crippen LogP contribution in [0.15, 0.2) is 83.8 Å². The van der Waals surface area contributed by atoms with Gasteiger partial charge < -0.3 is 0 Å². The molecule has 0 aliphatic heterocycles. The maximum Gasteiger partial charge on any atom is 0.268 e. The van der Waals surface area contributed by atoms with E-state index in [-0.39, 0.29) is 4.90 Å². The van der Waals surface area contributed by atoms with E-state index in [0.717, 1.165) is 27.8 Å². The van der Waals surface area contributed by atoms with Gasteiger partial charge >= 0.3 is 0 Å². The molecule has 0 N–H and O–H groups in total. The molecule has 5 heteroatoms. The van der Waals surface area contributed by atoms with Crippen molar-refractivity contribution in [2.45, 2.75) is 17.1 Å². The number of rotatable bonds is 4. The lowest BCUT2D eigenvalue weighted by Gasteiger charge is -2.12. The van der Waals surface area contributed by atoms with Crippen LogP contribution in [-0.4, -0.2) is 12.4 Å². The van der Waals surface area contributed by atoms with Crippen LogP contribution in [0.4, 0.5) is 0 Å². The first-order valence-corrected chi connectivity index (χ1v) is 11.2. The fraction of sp³-hybridized carbons (Fsp3) is 0.0909. The van der Waals surface area contributed by atoms with Gasteiger partial charge in [-0.15, -0.1) is 0 Å². The molecule has 0 spiro atoms. The fourth-order valence-electron chi connectivity index (χ4n) is 3.40. The quantitative estimate of drug-likeness (QED) is 0.379. The highest BCUT2D eigenvalue weighted by atomic mass is 79.9. The molecule has 3 aromatic carbocycles. The fourth-order valence-corrected chi connectivity index (χ4v) is 5.65. The Hall–Kier alpha value is -2.37. The summed E-state index contributed by atoms with van der Waals surface area (Å²) in [7, 11) is -3.73. The second kappa shape index (κ2) is 6.98. The van der Waals surface area contributed by atoms with Crippen LogP contribution in [0.3, 0.4) is 0 Å². The van der Waals surface area contributed by atoms with E-state index in [4.69, 9.17) is 0 Å². The Kier molecular flexibility index (Phi) is 4.66. The van der Waals surface area contributed by atoms with Gasteiger partial charge in [0.15, 0.2) is 0 Å². The summed E-state index contributed by atoms with van der Waals surface area (Å²) in [6, 6.07) is 24.5. The summed E-state index contributed by atoms with van der Waals surface area (Å²) < 4.78 is 28.5. The Bertz CT molecular complexity index is 1210. The second-order valence-corrected chi connectivity index (χ2v) is 8.77. The van der Waals surface area contributed by atoms with E-state index in [1.807, 2.05) is 73.7 Å². The number of aryl methyl sites for hydroxylation is 1. The minimum Gasteiger partial charge on any atom is -0.236 e. The molecule has 4 aromatic rings. The third kappa shape index (κ3) is 3.01. The van der Waals surface area contributed by atoms with Gasteiger partial charge in [0.05, 0.1) is 16.1 Å². The molecule has 136 valence electrons. The summed E-state index contributed by atoms with van der Waals surface area (Å²) >= 11 is 3.53. The highest BCUT2D eigenvalue weighted by Gasteiger charge is 2.26. The molecule has 0 fully saturated rings. The lowest BCUT2D eigenvalue weighted by Crippen LogP contribution is -2.15. The Balaban J connectivity index is 2.09. The van der Waals surface area contributed by atoms with Crippen molar-refractivity contribution >= 4 is 36.9 Å². The van der Waals surface area contributed by atoms with Gasteiger partial charge in [-0.3, -0.25) is 0 Å². The number of para-hydroxylation sites is 1. The van der Waals surface area contributed by atoms with Crippen molar-refractivity contribution in [3.05, 3.63) is 90.1 Å². The summed E-state index contributed by atoms with van der Waals surface area (Å²) in [5.41, 5.74) is 4.38. The molecule has 1 aromatic heterocycles. The molecule has 0 bridgehead atoms. The maximum atomic E-state index is 13.5. The van der Waals surface area contributed by atoms with Crippen LogP contribution < -0.4 is 0 Å². The third-order valence-corrected chi connectivity index (χ3v) is 6.97. The maximum absolute atomic E-state index is 13.5. The van der Waals surface area contributed by atoms with Crippen LogP contribution >= 0.6 is 15.9 Å². The Labute approximate surface area is 167 Å². The Morgan fingerprint density at radius 2 is 1.48 bits per heavy atom. The van der Waals surface area contributed by atoms with Crippen LogP contribution in [0.1, 0.15) is 11.3 Å². The van der Waals surface area contributed by atoms with Crippen molar-refractivity contribution in [1.29, 1.82) is 0 Å². The average molecular weight is 440 g/mol. The van der Waals surface area contributed by atoms with Gasteiger partial charge in [0.2, 0.25) is 0 Å². The first kappa shape index (κ1) is 18.0. The van der Waals surface area contributed by atoms with Crippen LogP contribution in [0, 0.1) is 6.92 Å². The monoisotopic (exact) mass is 439 g/mol. The van der Waals surface area contributed by atoms with Crippen molar-refractivity contribution < 1.29 is 8.42 Å². The summed E-state index contributed by atoms with van der Waals surface area (Å²) in [5, 5.41) is 1.35. The van der Waals surface area contributed by atoms with Crippen molar-refractivity contribution in [3.8, 4) is 11.1 Å². The average Bonchev–Trinajstić information content (AvgIpc) is 3.04. The summed E-state index contributed by atoms with van der Waals surface area (Å²) in [4.78, 5) is 0.288. The van der Waals surface area contributed by atoms with Crippen LogP contribution in [0.2, 0.25) is 0 Å². The molecular formula is C22H18BrNO2S. The molecule has 3 nitrogen and oxygen atoms in total. The molecule has 0 unspecified atom stereocenters. The number of hydrogen-bond acceptors (Lipinski definition) is 2. The van der Waals surface area contributed by atoms with E-state index in [1.54, 1.807) is 12.1 Å². The molecule has 0 saturated carbocycles. The zero-order valence-electron chi connectivity index (χ0n) is 14.8.